The molecule has 2 aromatic rings. The maximum atomic E-state index is 13.0. The van der Waals surface area contributed by atoms with E-state index in [1.165, 1.54) is 0 Å². The van der Waals surface area contributed by atoms with Gasteiger partial charge in [0.1, 0.15) is 11.5 Å². The minimum atomic E-state index is -0.697. The fraction of sp³-hybridized carbons (Fsp3) is 0.500. The predicted molar refractivity (Wildman–Crippen MR) is 125 cm³/mol. The predicted octanol–water partition coefficient (Wildman–Crippen LogP) is 4.32. The van der Waals surface area contributed by atoms with Crippen LogP contribution in [0.3, 0.4) is 0 Å². The van der Waals surface area contributed by atoms with Gasteiger partial charge in [-0.1, -0.05) is 36.6 Å². The number of aliphatic hydroxyl groups is 1. The van der Waals surface area contributed by atoms with Crippen LogP contribution in [0.25, 0.3) is 0 Å². The second kappa shape index (κ2) is 9.51. The number of likely N-dealkylation sites (tertiary alicyclic amines) is 1. The van der Waals surface area contributed by atoms with Gasteiger partial charge in [-0.3, -0.25) is 9.69 Å². The summed E-state index contributed by atoms with van der Waals surface area (Å²) in [6.45, 7) is 2.95. The van der Waals surface area contributed by atoms with E-state index in [0.717, 1.165) is 54.0 Å². The Kier molecular flexibility index (Phi) is 6.72. The van der Waals surface area contributed by atoms with Gasteiger partial charge >= 0.3 is 0 Å². The SMILES string of the molecule is COc1ccc([C@H]2[C@H]3CCCC[C@]3(O)CCN2CC(=O)Nc2ccc(C)cc2)c(OC)c1. The maximum absolute atomic E-state index is 13.0. The number of piperidine rings is 1. The molecule has 6 heteroatoms. The van der Waals surface area contributed by atoms with Crippen molar-refractivity contribution in [2.75, 3.05) is 32.6 Å². The number of carbonyl (C=O) groups excluding carboxylic acids is 1. The van der Waals surface area contributed by atoms with Crippen molar-refractivity contribution in [3.63, 3.8) is 0 Å². The number of ether oxygens (including phenoxy) is 2. The molecule has 1 amide bonds. The molecular formula is C26H34N2O4. The molecule has 1 aliphatic carbocycles. The lowest BCUT2D eigenvalue weighted by Crippen LogP contribution is -2.56. The van der Waals surface area contributed by atoms with Gasteiger partial charge in [-0.25, -0.2) is 0 Å². The first-order valence-electron chi connectivity index (χ1n) is 11.5. The van der Waals surface area contributed by atoms with E-state index in [1.54, 1.807) is 14.2 Å². The van der Waals surface area contributed by atoms with Gasteiger partial charge in [0.2, 0.25) is 5.91 Å². The van der Waals surface area contributed by atoms with Crippen LogP contribution in [0.5, 0.6) is 11.5 Å². The number of carbonyl (C=O) groups is 1. The molecule has 2 aliphatic rings. The zero-order valence-electron chi connectivity index (χ0n) is 19.3. The smallest absolute Gasteiger partial charge is 0.238 e. The minimum absolute atomic E-state index is 0.0485. The topological polar surface area (TPSA) is 71.0 Å². The average Bonchev–Trinajstić information content (AvgIpc) is 2.80. The van der Waals surface area contributed by atoms with Crippen LogP contribution in [0.15, 0.2) is 42.5 Å². The van der Waals surface area contributed by atoms with Gasteiger partial charge in [-0.15, -0.1) is 0 Å². The third kappa shape index (κ3) is 4.62. The van der Waals surface area contributed by atoms with E-state index in [2.05, 4.69) is 10.2 Å². The first-order valence-corrected chi connectivity index (χ1v) is 11.5. The third-order valence-corrected chi connectivity index (χ3v) is 7.11. The maximum Gasteiger partial charge on any atom is 0.238 e. The molecule has 3 atom stereocenters. The van der Waals surface area contributed by atoms with E-state index in [0.29, 0.717) is 13.0 Å². The summed E-state index contributed by atoms with van der Waals surface area (Å²) in [5, 5.41) is 14.5. The molecule has 0 aromatic heterocycles. The molecule has 1 saturated heterocycles. The molecule has 1 saturated carbocycles. The number of rotatable bonds is 6. The van der Waals surface area contributed by atoms with E-state index < -0.39 is 5.60 Å². The number of nitrogens with zero attached hydrogens (tertiary/aromatic N) is 1. The molecule has 1 heterocycles. The average molecular weight is 439 g/mol. The zero-order valence-corrected chi connectivity index (χ0v) is 19.3. The Hall–Kier alpha value is -2.57. The van der Waals surface area contributed by atoms with Crippen molar-refractivity contribution in [2.45, 2.75) is 50.7 Å². The summed E-state index contributed by atoms with van der Waals surface area (Å²) in [7, 11) is 3.29. The number of fused-ring (bicyclic) bond motifs is 1. The summed E-state index contributed by atoms with van der Waals surface area (Å²) >= 11 is 0. The van der Waals surface area contributed by atoms with Crippen molar-refractivity contribution in [3.05, 3.63) is 53.6 Å². The van der Waals surface area contributed by atoms with Crippen molar-refractivity contribution in [2.24, 2.45) is 5.92 Å². The second-order valence-electron chi connectivity index (χ2n) is 9.14. The summed E-state index contributed by atoms with van der Waals surface area (Å²) in [6.07, 6.45) is 4.58. The highest BCUT2D eigenvalue weighted by molar-refractivity contribution is 5.92. The number of hydrogen-bond donors (Lipinski definition) is 2. The van der Waals surface area contributed by atoms with Gasteiger partial charge < -0.3 is 19.9 Å². The quantitative estimate of drug-likeness (QED) is 0.703. The van der Waals surface area contributed by atoms with Crippen LogP contribution >= 0.6 is 0 Å². The van der Waals surface area contributed by atoms with Crippen LogP contribution in [0.2, 0.25) is 0 Å². The first kappa shape index (κ1) is 22.6. The van der Waals surface area contributed by atoms with Crippen LogP contribution in [0.4, 0.5) is 5.69 Å². The fourth-order valence-corrected chi connectivity index (χ4v) is 5.42. The van der Waals surface area contributed by atoms with Gasteiger partial charge in [0.05, 0.1) is 26.4 Å². The highest BCUT2D eigenvalue weighted by atomic mass is 16.5. The van der Waals surface area contributed by atoms with Crippen molar-refractivity contribution < 1.29 is 19.4 Å². The third-order valence-electron chi connectivity index (χ3n) is 7.11. The molecule has 2 aromatic carbocycles. The van der Waals surface area contributed by atoms with Crippen LogP contribution in [0.1, 0.15) is 49.3 Å². The zero-order chi connectivity index (χ0) is 22.7. The Balaban J connectivity index is 1.63. The van der Waals surface area contributed by atoms with Gasteiger partial charge in [0.25, 0.3) is 0 Å². The number of hydrogen-bond acceptors (Lipinski definition) is 5. The van der Waals surface area contributed by atoms with E-state index >= 15 is 0 Å². The van der Waals surface area contributed by atoms with Gasteiger partial charge in [0, 0.05) is 35.8 Å². The molecule has 0 unspecified atom stereocenters. The second-order valence-corrected chi connectivity index (χ2v) is 9.14. The van der Waals surface area contributed by atoms with Crippen LogP contribution < -0.4 is 14.8 Å². The lowest BCUT2D eigenvalue weighted by molar-refractivity contribution is -0.135. The van der Waals surface area contributed by atoms with E-state index in [1.807, 2.05) is 49.4 Å². The Bertz CT molecular complexity index is 945. The molecule has 0 bridgehead atoms. The summed E-state index contributed by atoms with van der Waals surface area (Å²) < 4.78 is 11.1. The Morgan fingerprint density at radius 1 is 1.12 bits per heavy atom. The number of anilines is 1. The van der Waals surface area contributed by atoms with Gasteiger partial charge in [-0.05, 0) is 44.4 Å². The van der Waals surface area contributed by atoms with Crippen LogP contribution in [0, 0.1) is 12.8 Å². The Morgan fingerprint density at radius 3 is 2.62 bits per heavy atom. The molecule has 1 aliphatic heterocycles. The van der Waals surface area contributed by atoms with Crippen molar-refractivity contribution in [1.29, 1.82) is 0 Å². The highest BCUT2D eigenvalue weighted by Crippen LogP contribution is 2.51. The Labute approximate surface area is 190 Å². The fourth-order valence-electron chi connectivity index (χ4n) is 5.42. The van der Waals surface area contributed by atoms with Crippen molar-refractivity contribution in [3.8, 4) is 11.5 Å². The standard InChI is InChI=1S/C26H34N2O4/c1-18-7-9-19(10-8-18)27-24(29)17-28-15-14-26(30)13-5-4-6-22(26)25(28)21-12-11-20(31-2)16-23(21)32-3/h7-12,16,22,25,30H,4-6,13-15,17H2,1-3H3,(H,27,29)/t22-,25+,26+/m1/s1. The summed E-state index contributed by atoms with van der Waals surface area (Å²) in [5.74, 6) is 1.46. The van der Waals surface area contributed by atoms with Crippen molar-refractivity contribution in [1.82, 2.24) is 4.90 Å². The first-order chi connectivity index (χ1) is 15.4. The molecule has 4 rings (SSSR count). The van der Waals surface area contributed by atoms with E-state index in [9.17, 15) is 9.90 Å². The molecule has 0 spiro atoms. The lowest BCUT2D eigenvalue weighted by atomic mass is 9.66. The largest absolute Gasteiger partial charge is 0.497 e. The van der Waals surface area contributed by atoms with E-state index in [-0.39, 0.29) is 24.4 Å². The van der Waals surface area contributed by atoms with Gasteiger partial charge in [0.15, 0.2) is 0 Å². The van der Waals surface area contributed by atoms with E-state index in [4.69, 9.17) is 9.47 Å². The summed E-state index contributed by atoms with van der Waals surface area (Å²) in [5.41, 5.74) is 2.26. The molecule has 2 N–H and O–H groups in total. The molecule has 2 fully saturated rings. The van der Waals surface area contributed by atoms with Crippen molar-refractivity contribution >= 4 is 11.6 Å². The number of nitrogens with one attached hydrogen (secondary N) is 1. The number of amides is 1. The number of benzene rings is 2. The Morgan fingerprint density at radius 2 is 1.91 bits per heavy atom. The minimum Gasteiger partial charge on any atom is -0.497 e. The molecule has 0 radical (unpaired) electrons. The monoisotopic (exact) mass is 438 g/mol. The van der Waals surface area contributed by atoms with Gasteiger partial charge in [-0.2, -0.15) is 0 Å². The highest BCUT2D eigenvalue weighted by Gasteiger charge is 2.49. The molecule has 32 heavy (non-hydrogen) atoms. The number of aryl methyl sites for hydroxylation is 1. The normalized spacial score (nSPS) is 25.6. The molecular weight excluding hydrogens is 404 g/mol. The molecule has 172 valence electrons. The molecule has 6 nitrogen and oxygen atoms in total. The lowest BCUT2D eigenvalue weighted by Gasteiger charge is -2.52. The van der Waals surface area contributed by atoms with Crippen LogP contribution in [-0.4, -0.2) is 48.8 Å². The summed E-state index contributed by atoms with van der Waals surface area (Å²) in [4.78, 5) is 15.2. The number of methoxy groups -OCH3 is 2. The van der Waals surface area contributed by atoms with Crippen LogP contribution in [-0.2, 0) is 4.79 Å². The summed E-state index contributed by atoms with van der Waals surface area (Å²) in [6, 6.07) is 13.6.